The molecular formula is C11H18F3NO3. The molecule has 0 aromatic carbocycles. The van der Waals surface area contributed by atoms with Crippen molar-refractivity contribution in [1.82, 2.24) is 4.90 Å². The van der Waals surface area contributed by atoms with E-state index < -0.39 is 25.3 Å². The lowest BCUT2D eigenvalue weighted by atomic mass is 10.1. The maximum absolute atomic E-state index is 11.8. The number of hydrogen-bond donors (Lipinski definition) is 1. The summed E-state index contributed by atoms with van der Waals surface area (Å²) >= 11 is 0. The van der Waals surface area contributed by atoms with Crippen LogP contribution in [0.25, 0.3) is 0 Å². The molecule has 1 heterocycles. The highest BCUT2D eigenvalue weighted by atomic mass is 19.4. The van der Waals surface area contributed by atoms with Gasteiger partial charge in [-0.15, -0.1) is 0 Å². The topological polar surface area (TPSA) is 49.8 Å². The number of carbonyl (C=O) groups is 1. The number of aliphatic hydroxyl groups is 1. The smallest absolute Gasteiger partial charge is 0.396 e. The fraction of sp³-hybridized carbons (Fsp3) is 0.909. The van der Waals surface area contributed by atoms with Crippen LogP contribution in [0.2, 0.25) is 0 Å². The Morgan fingerprint density at radius 1 is 1.44 bits per heavy atom. The van der Waals surface area contributed by atoms with Gasteiger partial charge in [-0.3, -0.25) is 4.79 Å². The molecule has 4 nitrogen and oxygen atoms in total. The van der Waals surface area contributed by atoms with E-state index in [0.29, 0.717) is 19.4 Å². The normalized spacial score (nSPS) is 20.4. The summed E-state index contributed by atoms with van der Waals surface area (Å²) in [5, 5.41) is 8.73. The number of aliphatic hydroxyl groups excluding tert-OH is 1. The van der Waals surface area contributed by atoms with Gasteiger partial charge in [0, 0.05) is 19.2 Å². The molecule has 7 heteroatoms. The minimum absolute atomic E-state index is 0.0270. The number of hydrogen-bond acceptors (Lipinski definition) is 3. The second kappa shape index (κ2) is 6.94. The summed E-state index contributed by atoms with van der Waals surface area (Å²) < 4.78 is 39.9. The van der Waals surface area contributed by atoms with E-state index >= 15 is 0 Å². The van der Waals surface area contributed by atoms with Crippen LogP contribution >= 0.6 is 0 Å². The van der Waals surface area contributed by atoms with E-state index in [1.807, 2.05) is 0 Å². The molecule has 1 atom stereocenters. The highest BCUT2D eigenvalue weighted by Gasteiger charge is 2.31. The Balaban J connectivity index is 2.31. The van der Waals surface area contributed by atoms with Crippen LogP contribution in [0.4, 0.5) is 13.2 Å². The quantitative estimate of drug-likeness (QED) is 0.791. The third kappa shape index (κ3) is 5.22. The van der Waals surface area contributed by atoms with Gasteiger partial charge < -0.3 is 14.7 Å². The summed E-state index contributed by atoms with van der Waals surface area (Å²) in [5.74, 6) is -0.403. The first-order valence-corrected chi connectivity index (χ1v) is 5.99. The predicted molar refractivity (Wildman–Crippen MR) is 57.9 cm³/mol. The van der Waals surface area contributed by atoms with Crippen LogP contribution in [-0.4, -0.2) is 54.5 Å². The first-order chi connectivity index (χ1) is 8.44. The highest BCUT2D eigenvalue weighted by molar-refractivity contribution is 5.78. The van der Waals surface area contributed by atoms with Gasteiger partial charge in [-0.1, -0.05) is 0 Å². The molecule has 1 aliphatic rings. The number of amides is 1. The Hall–Kier alpha value is -0.820. The number of alkyl halides is 3. The average Bonchev–Trinajstić information content (AvgIpc) is 2.72. The van der Waals surface area contributed by atoms with Crippen molar-refractivity contribution in [3.05, 3.63) is 0 Å². The molecule has 1 saturated heterocycles. The number of likely N-dealkylation sites (tertiary alicyclic amines) is 1. The third-order valence-electron chi connectivity index (χ3n) is 2.88. The molecule has 0 spiro atoms. The van der Waals surface area contributed by atoms with Crippen molar-refractivity contribution in [3.63, 3.8) is 0 Å². The van der Waals surface area contributed by atoms with Crippen molar-refractivity contribution in [2.45, 2.75) is 37.9 Å². The first-order valence-electron chi connectivity index (χ1n) is 5.99. The highest BCUT2D eigenvalue weighted by Crippen LogP contribution is 2.21. The van der Waals surface area contributed by atoms with Crippen LogP contribution < -0.4 is 0 Å². The lowest BCUT2D eigenvalue weighted by Gasteiger charge is -2.24. The summed E-state index contributed by atoms with van der Waals surface area (Å²) in [5.41, 5.74) is 0. The molecule has 0 bridgehead atoms. The van der Waals surface area contributed by atoms with E-state index in [1.165, 1.54) is 0 Å². The Labute approximate surface area is 104 Å². The van der Waals surface area contributed by atoms with E-state index in [1.54, 1.807) is 4.90 Å². The van der Waals surface area contributed by atoms with Gasteiger partial charge in [-0.05, 0) is 25.7 Å². The summed E-state index contributed by atoms with van der Waals surface area (Å²) in [4.78, 5) is 13.2. The molecule has 1 unspecified atom stereocenters. The van der Waals surface area contributed by atoms with Crippen LogP contribution in [0.1, 0.15) is 25.7 Å². The molecule has 0 radical (unpaired) electrons. The maximum Gasteiger partial charge on any atom is 0.411 e. The van der Waals surface area contributed by atoms with Crippen molar-refractivity contribution >= 4 is 5.91 Å². The largest absolute Gasteiger partial charge is 0.411 e. The summed E-state index contributed by atoms with van der Waals surface area (Å²) in [7, 11) is 0. The molecule has 1 fully saturated rings. The average molecular weight is 269 g/mol. The van der Waals surface area contributed by atoms with Gasteiger partial charge >= 0.3 is 6.18 Å². The lowest BCUT2D eigenvalue weighted by Crippen LogP contribution is -2.38. The molecule has 1 amide bonds. The minimum Gasteiger partial charge on any atom is -0.396 e. The molecule has 0 saturated carbocycles. The van der Waals surface area contributed by atoms with Crippen molar-refractivity contribution in [3.8, 4) is 0 Å². The molecule has 18 heavy (non-hydrogen) atoms. The van der Waals surface area contributed by atoms with E-state index in [0.717, 1.165) is 12.8 Å². The molecule has 1 N–H and O–H groups in total. The van der Waals surface area contributed by atoms with Crippen molar-refractivity contribution in [2.75, 3.05) is 26.4 Å². The second-order valence-corrected chi connectivity index (χ2v) is 4.36. The zero-order valence-electron chi connectivity index (χ0n) is 10.1. The number of ether oxygens (including phenoxy) is 1. The Morgan fingerprint density at radius 3 is 2.78 bits per heavy atom. The standard InChI is InChI=1S/C11H18F3NO3/c12-11(13,14)8-18-7-10(17)15-5-1-3-9(15)4-2-6-16/h9,16H,1-8H2. The molecular weight excluding hydrogens is 251 g/mol. The minimum atomic E-state index is -4.40. The lowest BCUT2D eigenvalue weighted by molar-refractivity contribution is -0.178. The third-order valence-corrected chi connectivity index (χ3v) is 2.88. The van der Waals surface area contributed by atoms with Gasteiger partial charge in [0.2, 0.25) is 5.91 Å². The molecule has 0 aromatic rings. The number of carbonyl (C=O) groups excluding carboxylic acids is 1. The first kappa shape index (κ1) is 15.2. The summed E-state index contributed by atoms with van der Waals surface area (Å²) in [6, 6.07) is 0.0270. The van der Waals surface area contributed by atoms with Crippen LogP contribution in [0.3, 0.4) is 0 Å². The molecule has 106 valence electrons. The number of halogens is 3. The van der Waals surface area contributed by atoms with E-state index in [-0.39, 0.29) is 12.6 Å². The molecule has 0 aromatic heterocycles. The van der Waals surface area contributed by atoms with Gasteiger partial charge in [-0.25, -0.2) is 0 Å². The number of nitrogens with zero attached hydrogens (tertiary/aromatic N) is 1. The Bertz CT molecular complexity index is 271. The van der Waals surface area contributed by atoms with Crippen LogP contribution in [0.15, 0.2) is 0 Å². The zero-order valence-corrected chi connectivity index (χ0v) is 10.1. The molecule has 1 aliphatic heterocycles. The van der Waals surface area contributed by atoms with E-state index in [9.17, 15) is 18.0 Å². The Morgan fingerprint density at radius 2 is 2.17 bits per heavy atom. The Kier molecular flexibility index (Phi) is 5.87. The van der Waals surface area contributed by atoms with Gasteiger partial charge in [0.05, 0.1) is 0 Å². The molecule has 0 aliphatic carbocycles. The second-order valence-electron chi connectivity index (χ2n) is 4.36. The summed E-state index contributed by atoms with van der Waals surface area (Å²) in [6.07, 6.45) is -1.44. The fourth-order valence-corrected chi connectivity index (χ4v) is 2.13. The van der Waals surface area contributed by atoms with E-state index in [4.69, 9.17) is 5.11 Å². The van der Waals surface area contributed by atoms with Crippen molar-refractivity contribution in [1.29, 1.82) is 0 Å². The zero-order chi connectivity index (χ0) is 13.6. The van der Waals surface area contributed by atoms with Crippen LogP contribution in [-0.2, 0) is 9.53 Å². The fourth-order valence-electron chi connectivity index (χ4n) is 2.13. The predicted octanol–water partition coefficient (Wildman–Crippen LogP) is 1.33. The molecule has 1 rings (SSSR count). The van der Waals surface area contributed by atoms with Crippen molar-refractivity contribution in [2.24, 2.45) is 0 Å². The number of rotatable bonds is 6. The monoisotopic (exact) mass is 269 g/mol. The van der Waals surface area contributed by atoms with Gasteiger partial charge in [0.1, 0.15) is 13.2 Å². The SMILES string of the molecule is O=C(COCC(F)(F)F)N1CCCC1CCCO. The maximum atomic E-state index is 11.8. The van der Waals surface area contributed by atoms with Crippen molar-refractivity contribution < 1.29 is 27.8 Å². The van der Waals surface area contributed by atoms with Gasteiger partial charge in [-0.2, -0.15) is 13.2 Å². The van der Waals surface area contributed by atoms with E-state index in [2.05, 4.69) is 4.74 Å². The van der Waals surface area contributed by atoms with Crippen LogP contribution in [0.5, 0.6) is 0 Å². The van der Waals surface area contributed by atoms with Gasteiger partial charge in [0.25, 0.3) is 0 Å². The summed E-state index contributed by atoms with van der Waals surface area (Å²) in [6.45, 7) is -1.31. The van der Waals surface area contributed by atoms with Crippen LogP contribution in [0, 0.1) is 0 Å². The van der Waals surface area contributed by atoms with Gasteiger partial charge in [0.15, 0.2) is 0 Å².